The van der Waals surface area contributed by atoms with Gasteiger partial charge in [-0.05, 0) is 14.0 Å². The second-order valence-electron chi connectivity index (χ2n) is 3.38. The summed E-state index contributed by atoms with van der Waals surface area (Å²) in [5, 5.41) is 0. The Labute approximate surface area is 68.0 Å². The molecule has 1 heterocycles. The Hall–Kier alpha value is -0.150. The molecule has 0 aromatic heterocycles. The fraction of sp³-hybridized carbons (Fsp3) is 1.00. The fourth-order valence-electron chi connectivity index (χ4n) is 1.39. The third-order valence-electron chi connectivity index (χ3n) is 2.11. The van der Waals surface area contributed by atoms with Gasteiger partial charge in [-0.2, -0.15) is 0 Å². The Morgan fingerprint density at radius 1 is 1.27 bits per heavy atom. The van der Waals surface area contributed by atoms with Crippen LogP contribution in [-0.2, 0) is 0 Å². The number of rotatable bonds is 2. The molecule has 1 fully saturated rings. The van der Waals surface area contributed by atoms with E-state index in [0.29, 0.717) is 6.54 Å². The third kappa shape index (κ3) is 3.16. The van der Waals surface area contributed by atoms with Crippen LogP contribution in [0.3, 0.4) is 0 Å². The van der Waals surface area contributed by atoms with Crippen molar-refractivity contribution in [1.82, 2.24) is 9.80 Å². The fourth-order valence-corrected chi connectivity index (χ4v) is 1.39. The summed E-state index contributed by atoms with van der Waals surface area (Å²) in [6.45, 7) is 6.42. The molecule has 3 heteroatoms. The Kier molecular flexibility index (Phi) is 3.27. The van der Waals surface area contributed by atoms with E-state index in [9.17, 15) is 4.39 Å². The number of likely N-dealkylation sites (N-methyl/N-ethyl adjacent to an activating group) is 1. The zero-order chi connectivity index (χ0) is 8.27. The van der Waals surface area contributed by atoms with Crippen molar-refractivity contribution in [3.8, 4) is 0 Å². The average Bonchev–Trinajstić information content (AvgIpc) is 1.93. The molecule has 0 aliphatic carbocycles. The zero-order valence-corrected chi connectivity index (χ0v) is 7.39. The summed E-state index contributed by atoms with van der Waals surface area (Å²) in [5.41, 5.74) is 0. The number of alkyl halides is 1. The highest BCUT2D eigenvalue weighted by atomic mass is 19.1. The molecule has 0 saturated carbocycles. The Morgan fingerprint density at radius 3 is 2.27 bits per heavy atom. The van der Waals surface area contributed by atoms with Crippen molar-refractivity contribution in [2.45, 2.75) is 13.1 Å². The summed E-state index contributed by atoms with van der Waals surface area (Å²) < 4.78 is 12.5. The number of piperazine rings is 1. The van der Waals surface area contributed by atoms with Crippen molar-refractivity contribution in [3.05, 3.63) is 0 Å². The molecular formula is C8H17FN2. The highest BCUT2D eigenvalue weighted by Gasteiger charge is 2.14. The van der Waals surface area contributed by atoms with Crippen LogP contribution in [0.15, 0.2) is 0 Å². The Morgan fingerprint density at radius 2 is 1.82 bits per heavy atom. The van der Waals surface area contributed by atoms with Crippen molar-refractivity contribution < 1.29 is 4.39 Å². The minimum absolute atomic E-state index is 0.605. The van der Waals surface area contributed by atoms with Crippen molar-refractivity contribution in [3.63, 3.8) is 0 Å². The molecule has 2 nitrogen and oxygen atoms in total. The molecule has 1 saturated heterocycles. The molecule has 1 unspecified atom stereocenters. The highest BCUT2D eigenvalue weighted by molar-refractivity contribution is 4.70. The normalized spacial score (nSPS) is 25.4. The monoisotopic (exact) mass is 160 g/mol. The topological polar surface area (TPSA) is 6.48 Å². The molecule has 0 radical (unpaired) electrons. The summed E-state index contributed by atoms with van der Waals surface area (Å²) in [6.07, 6.45) is -0.682. The predicted octanol–water partition coefficient (Wildman–Crippen LogP) is 0.592. The zero-order valence-electron chi connectivity index (χ0n) is 7.39. The number of halogens is 1. The molecule has 0 aromatic rings. The van der Waals surface area contributed by atoms with Gasteiger partial charge in [-0.1, -0.05) is 0 Å². The van der Waals surface area contributed by atoms with E-state index in [2.05, 4.69) is 16.8 Å². The van der Waals surface area contributed by atoms with Crippen LogP contribution in [0, 0.1) is 0 Å². The molecule has 0 spiro atoms. The van der Waals surface area contributed by atoms with Gasteiger partial charge in [0.05, 0.1) is 0 Å². The Bertz CT molecular complexity index is 109. The molecule has 0 amide bonds. The smallest absolute Gasteiger partial charge is 0.110 e. The van der Waals surface area contributed by atoms with E-state index in [-0.39, 0.29) is 0 Å². The quantitative estimate of drug-likeness (QED) is 0.583. The molecule has 1 aliphatic heterocycles. The molecule has 11 heavy (non-hydrogen) atoms. The first-order valence-electron chi connectivity index (χ1n) is 4.23. The first kappa shape index (κ1) is 8.94. The Balaban J connectivity index is 2.17. The number of hydrogen-bond acceptors (Lipinski definition) is 2. The average molecular weight is 160 g/mol. The van der Waals surface area contributed by atoms with E-state index < -0.39 is 6.17 Å². The van der Waals surface area contributed by atoms with Gasteiger partial charge in [-0.15, -0.1) is 0 Å². The minimum atomic E-state index is -0.682. The van der Waals surface area contributed by atoms with Crippen molar-refractivity contribution in [1.29, 1.82) is 0 Å². The second-order valence-corrected chi connectivity index (χ2v) is 3.38. The molecular weight excluding hydrogens is 143 g/mol. The first-order valence-corrected chi connectivity index (χ1v) is 4.23. The minimum Gasteiger partial charge on any atom is -0.304 e. The van der Waals surface area contributed by atoms with Gasteiger partial charge >= 0.3 is 0 Å². The first-order chi connectivity index (χ1) is 5.18. The van der Waals surface area contributed by atoms with Gasteiger partial charge in [-0.3, -0.25) is 4.90 Å². The van der Waals surface area contributed by atoms with Gasteiger partial charge in [0.25, 0.3) is 0 Å². The second kappa shape index (κ2) is 4.02. The SMILES string of the molecule is CC(F)CN1CCN(C)CC1. The summed E-state index contributed by atoms with van der Waals surface area (Å²) >= 11 is 0. The van der Waals surface area contributed by atoms with Crippen LogP contribution in [0.1, 0.15) is 6.92 Å². The molecule has 1 atom stereocenters. The largest absolute Gasteiger partial charge is 0.304 e. The summed E-state index contributed by atoms with van der Waals surface area (Å²) in [5.74, 6) is 0. The lowest BCUT2D eigenvalue weighted by atomic mass is 10.3. The lowest BCUT2D eigenvalue weighted by molar-refractivity contribution is 0.127. The number of nitrogens with zero attached hydrogens (tertiary/aromatic N) is 2. The maximum atomic E-state index is 12.5. The molecule has 0 aromatic carbocycles. The van der Waals surface area contributed by atoms with Gasteiger partial charge in [0, 0.05) is 32.7 Å². The lowest BCUT2D eigenvalue weighted by Crippen LogP contribution is -2.46. The lowest BCUT2D eigenvalue weighted by Gasteiger charge is -2.32. The van der Waals surface area contributed by atoms with Crippen LogP contribution in [0.2, 0.25) is 0 Å². The van der Waals surface area contributed by atoms with E-state index in [4.69, 9.17) is 0 Å². The summed E-state index contributed by atoms with van der Waals surface area (Å²) in [6, 6.07) is 0. The third-order valence-corrected chi connectivity index (χ3v) is 2.11. The van der Waals surface area contributed by atoms with Gasteiger partial charge in [0.15, 0.2) is 0 Å². The molecule has 1 rings (SSSR count). The van der Waals surface area contributed by atoms with Crippen molar-refractivity contribution >= 4 is 0 Å². The number of hydrogen-bond donors (Lipinski definition) is 0. The van der Waals surface area contributed by atoms with E-state index in [0.717, 1.165) is 26.2 Å². The van der Waals surface area contributed by atoms with Crippen LogP contribution in [0.25, 0.3) is 0 Å². The maximum Gasteiger partial charge on any atom is 0.110 e. The maximum absolute atomic E-state index is 12.5. The van der Waals surface area contributed by atoms with Gasteiger partial charge in [0.2, 0.25) is 0 Å². The van der Waals surface area contributed by atoms with Gasteiger partial charge < -0.3 is 4.90 Å². The van der Waals surface area contributed by atoms with Gasteiger partial charge in [-0.25, -0.2) is 4.39 Å². The van der Waals surface area contributed by atoms with E-state index in [1.54, 1.807) is 6.92 Å². The van der Waals surface area contributed by atoms with Crippen LogP contribution >= 0.6 is 0 Å². The predicted molar refractivity (Wildman–Crippen MR) is 44.5 cm³/mol. The van der Waals surface area contributed by atoms with Crippen molar-refractivity contribution in [2.24, 2.45) is 0 Å². The van der Waals surface area contributed by atoms with Crippen LogP contribution in [-0.4, -0.2) is 55.7 Å². The molecule has 0 N–H and O–H groups in total. The highest BCUT2D eigenvalue weighted by Crippen LogP contribution is 2.01. The molecule has 66 valence electrons. The van der Waals surface area contributed by atoms with Crippen LogP contribution < -0.4 is 0 Å². The summed E-state index contributed by atoms with van der Waals surface area (Å²) in [7, 11) is 2.11. The van der Waals surface area contributed by atoms with Crippen LogP contribution in [0.5, 0.6) is 0 Å². The van der Waals surface area contributed by atoms with E-state index >= 15 is 0 Å². The van der Waals surface area contributed by atoms with E-state index in [1.807, 2.05) is 0 Å². The van der Waals surface area contributed by atoms with Gasteiger partial charge in [0.1, 0.15) is 6.17 Å². The van der Waals surface area contributed by atoms with Crippen LogP contribution in [0.4, 0.5) is 4.39 Å². The molecule has 0 bridgehead atoms. The van der Waals surface area contributed by atoms with E-state index in [1.165, 1.54) is 0 Å². The summed E-state index contributed by atoms with van der Waals surface area (Å²) in [4.78, 5) is 4.46. The van der Waals surface area contributed by atoms with Crippen molar-refractivity contribution in [2.75, 3.05) is 39.8 Å². The molecule has 1 aliphatic rings. The standard InChI is InChI=1S/C8H17FN2/c1-8(9)7-11-5-3-10(2)4-6-11/h8H,3-7H2,1-2H3.